The Kier molecular flexibility index (Phi) is 1.76. The van der Waals surface area contributed by atoms with Gasteiger partial charge in [0, 0.05) is 0 Å². The number of rotatable bonds is 0. The molecule has 2 nitrogen and oxygen atoms in total. The smallest absolute Gasteiger partial charge is 0.286 e. The van der Waals surface area contributed by atoms with E-state index in [2.05, 4.69) is 0 Å². The molecule has 0 rings (SSSR count). The van der Waals surface area contributed by atoms with Crippen LogP contribution in [0.25, 0.3) is 0 Å². The van der Waals surface area contributed by atoms with Gasteiger partial charge in [-0.3, -0.25) is 5.32 Å². The molecule has 2 N–H and O–H groups in total. The molecule has 0 radical (unpaired) electrons. The monoisotopic (exact) mass is 74.1 g/mol. The van der Waals surface area contributed by atoms with Crippen molar-refractivity contribution in [2.75, 3.05) is 7.05 Å². The lowest BCUT2D eigenvalue weighted by molar-refractivity contribution is -0.537. The number of carbonyl (C=O) groups excluding carboxylic acids is 1. The molecule has 0 heterocycles. The molecule has 0 fully saturated rings. The van der Waals surface area contributed by atoms with Crippen LogP contribution in [0.4, 0.5) is 0 Å². The number of hydrogen-bond donors (Lipinski definition) is 1. The largest absolute Gasteiger partial charge is 0.307 e. The van der Waals surface area contributed by atoms with E-state index in [1.807, 2.05) is 0 Å². The van der Waals surface area contributed by atoms with Gasteiger partial charge in [-0.25, -0.2) is 4.79 Å². The SMILES string of the molecule is C[NH2+]C(C)=O. The highest BCUT2D eigenvalue weighted by molar-refractivity contribution is 5.61. The van der Waals surface area contributed by atoms with Gasteiger partial charge >= 0.3 is 5.91 Å². The van der Waals surface area contributed by atoms with Crippen LogP contribution in [0.15, 0.2) is 0 Å². The van der Waals surface area contributed by atoms with E-state index in [1.54, 1.807) is 7.05 Å². The molecule has 0 bridgehead atoms. The third kappa shape index (κ3) is 3.63. The Morgan fingerprint density at radius 1 is 1.80 bits per heavy atom. The molecule has 0 aromatic rings. The molecule has 0 aliphatic carbocycles. The summed E-state index contributed by atoms with van der Waals surface area (Å²) in [5.41, 5.74) is 0. The summed E-state index contributed by atoms with van der Waals surface area (Å²) < 4.78 is 0. The molecular formula is C3H8NO+. The first-order chi connectivity index (χ1) is 2.27. The van der Waals surface area contributed by atoms with Gasteiger partial charge in [0.2, 0.25) is 0 Å². The number of amides is 1. The minimum absolute atomic E-state index is 0.130. The number of carbonyl (C=O) groups is 1. The summed E-state index contributed by atoms with van der Waals surface area (Å²) in [4.78, 5) is 9.76. The van der Waals surface area contributed by atoms with Gasteiger partial charge in [-0.2, -0.15) is 0 Å². The van der Waals surface area contributed by atoms with Crippen LogP contribution in [0.1, 0.15) is 6.92 Å². The van der Waals surface area contributed by atoms with Crippen LogP contribution in [-0.2, 0) is 4.79 Å². The van der Waals surface area contributed by atoms with Crippen molar-refractivity contribution in [2.24, 2.45) is 0 Å². The van der Waals surface area contributed by atoms with Crippen LogP contribution >= 0.6 is 0 Å². The van der Waals surface area contributed by atoms with Crippen LogP contribution in [0.5, 0.6) is 0 Å². The van der Waals surface area contributed by atoms with Crippen molar-refractivity contribution in [2.45, 2.75) is 6.92 Å². The first kappa shape index (κ1) is 4.63. The average Bonchev–Trinajstić information content (AvgIpc) is 1.38. The molecule has 1 amide bonds. The van der Waals surface area contributed by atoms with Gasteiger partial charge < -0.3 is 0 Å². The summed E-state index contributed by atoms with van der Waals surface area (Å²) >= 11 is 0. The van der Waals surface area contributed by atoms with E-state index in [1.165, 1.54) is 12.2 Å². The van der Waals surface area contributed by atoms with E-state index < -0.39 is 0 Å². The lowest BCUT2D eigenvalue weighted by Gasteiger charge is -1.72. The highest BCUT2D eigenvalue weighted by Gasteiger charge is 1.80. The molecule has 0 aliphatic rings. The third-order valence-electron chi connectivity index (χ3n) is 0.407. The molecule has 0 saturated heterocycles. The molecule has 0 aromatic carbocycles. The fourth-order valence-corrected chi connectivity index (χ4v) is 0. The van der Waals surface area contributed by atoms with Crippen molar-refractivity contribution in [3.8, 4) is 0 Å². The molecule has 0 saturated carbocycles. The minimum Gasteiger partial charge on any atom is -0.286 e. The number of hydrogen-bond acceptors (Lipinski definition) is 1. The molecule has 30 valence electrons. The van der Waals surface area contributed by atoms with Gasteiger partial charge in [-0.05, 0) is 0 Å². The molecule has 0 spiro atoms. The van der Waals surface area contributed by atoms with Crippen LogP contribution in [0.2, 0.25) is 0 Å². The quantitative estimate of drug-likeness (QED) is 0.382. The van der Waals surface area contributed by atoms with E-state index in [4.69, 9.17) is 0 Å². The predicted octanol–water partition coefficient (Wildman–Crippen LogP) is -1.27. The standard InChI is InChI=1S/C3H7NO/c1-3(5)4-2/h1-2H3,(H,4,5)/p+1. The molecule has 0 aromatic heterocycles. The van der Waals surface area contributed by atoms with Crippen molar-refractivity contribution in [1.29, 1.82) is 0 Å². The Bertz CT molecular complexity index is 42.2. The summed E-state index contributed by atoms with van der Waals surface area (Å²) in [6.45, 7) is 1.53. The van der Waals surface area contributed by atoms with Crippen molar-refractivity contribution in [3.63, 3.8) is 0 Å². The number of primary amides is 1. The number of nitrogens with two attached hydrogens (primary N) is 1. The molecular weight excluding hydrogens is 66.0 g/mol. The Morgan fingerprint density at radius 2 is 2.00 bits per heavy atom. The Labute approximate surface area is 31.2 Å². The van der Waals surface area contributed by atoms with E-state index >= 15 is 0 Å². The lowest BCUT2D eigenvalue weighted by atomic mass is 10.7. The first-order valence-corrected chi connectivity index (χ1v) is 1.57. The van der Waals surface area contributed by atoms with Crippen LogP contribution in [0.3, 0.4) is 0 Å². The van der Waals surface area contributed by atoms with Gasteiger partial charge in [0.15, 0.2) is 0 Å². The fourth-order valence-electron chi connectivity index (χ4n) is 0. The zero-order valence-corrected chi connectivity index (χ0v) is 3.49. The Morgan fingerprint density at radius 3 is 2.00 bits per heavy atom. The van der Waals surface area contributed by atoms with Crippen molar-refractivity contribution < 1.29 is 10.1 Å². The van der Waals surface area contributed by atoms with Gasteiger partial charge in [-0.1, -0.05) is 0 Å². The van der Waals surface area contributed by atoms with Crippen LogP contribution < -0.4 is 5.32 Å². The summed E-state index contributed by atoms with van der Waals surface area (Å²) in [5, 5.41) is 1.53. The number of quaternary nitrogens is 1. The minimum atomic E-state index is 0.130. The maximum absolute atomic E-state index is 9.76. The second-order valence-electron chi connectivity index (χ2n) is 0.899. The highest BCUT2D eigenvalue weighted by Crippen LogP contribution is 1.31. The molecule has 0 aliphatic heterocycles. The molecule has 5 heavy (non-hydrogen) atoms. The van der Waals surface area contributed by atoms with Gasteiger partial charge in [-0.15, -0.1) is 0 Å². The topological polar surface area (TPSA) is 33.7 Å². The maximum Gasteiger partial charge on any atom is 0.307 e. The summed E-state index contributed by atoms with van der Waals surface area (Å²) in [6, 6.07) is 0. The summed E-state index contributed by atoms with van der Waals surface area (Å²) in [7, 11) is 1.72. The van der Waals surface area contributed by atoms with Gasteiger partial charge in [0.1, 0.15) is 0 Å². The Balaban J connectivity index is 2.85. The molecule has 2 heteroatoms. The second kappa shape index (κ2) is 1.91. The fraction of sp³-hybridized carbons (Fsp3) is 0.667. The maximum atomic E-state index is 9.76. The van der Waals surface area contributed by atoms with E-state index in [-0.39, 0.29) is 5.91 Å². The zero-order valence-electron chi connectivity index (χ0n) is 3.49. The second-order valence-corrected chi connectivity index (χ2v) is 0.899. The third-order valence-corrected chi connectivity index (χ3v) is 0.407. The zero-order chi connectivity index (χ0) is 4.28. The predicted molar refractivity (Wildman–Crippen MR) is 18.5 cm³/mol. The van der Waals surface area contributed by atoms with E-state index in [9.17, 15) is 4.79 Å². The summed E-state index contributed by atoms with van der Waals surface area (Å²) in [5.74, 6) is 0.130. The Hall–Kier alpha value is -0.370. The lowest BCUT2D eigenvalue weighted by Crippen LogP contribution is -2.83. The summed E-state index contributed by atoms with van der Waals surface area (Å²) in [6.07, 6.45) is 0. The van der Waals surface area contributed by atoms with E-state index in [0.717, 1.165) is 0 Å². The van der Waals surface area contributed by atoms with Gasteiger partial charge in [0.25, 0.3) is 0 Å². The first-order valence-electron chi connectivity index (χ1n) is 1.57. The van der Waals surface area contributed by atoms with Crippen molar-refractivity contribution >= 4 is 5.91 Å². The van der Waals surface area contributed by atoms with Crippen molar-refractivity contribution in [1.82, 2.24) is 0 Å². The van der Waals surface area contributed by atoms with Crippen LogP contribution in [0, 0.1) is 0 Å². The molecule has 0 atom stereocenters. The van der Waals surface area contributed by atoms with Crippen molar-refractivity contribution in [3.05, 3.63) is 0 Å². The van der Waals surface area contributed by atoms with E-state index in [0.29, 0.717) is 0 Å². The normalized spacial score (nSPS) is 7.60. The average molecular weight is 74.1 g/mol. The van der Waals surface area contributed by atoms with Crippen LogP contribution in [-0.4, -0.2) is 13.0 Å². The molecule has 0 unspecified atom stereocenters. The van der Waals surface area contributed by atoms with Gasteiger partial charge in [0.05, 0.1) is 14.0 Å². The highest BCUT2D eigenvalue weighted by atomic mass is 16.1.